The molecule has 1 aliphatic carbocycles. The topological polar surface area (TPSA) is 130 Å². The van der Waals surface area contributed by atoms with Crippen molar-refractivity contribution in [3.8, 4) is 22.6 Å². The molecule has 0 spiro atoms. The van der Waals surface area contributed by atoms with Gasteiger partial charge in [0.05, 0.1) is 23.0 Å². The van der Waals surface area contributed by atoms with E-state index >= 15 is 0 Å². The van der Waals surface area contributed by atoms with Gasteiger partial charge in [-0.15, -0.1) is 0 Å². The van der Waals surface area contributed by atoms with Gasteiger partial charge in [0.1, 0.15) is 23.0 Å². The van der Waals surface area contributed by atoms with Gasteiger partial charge in [-0.25, -0.2) is 28.1 Å². The normalized spacial score (nSPS) is 18.1. The number of piperazine rings is 1. The van der Waals surface area contributed by atoms with E-state index in [1.807, 2.05) is 29.2 Å². The molecule has 1 saturated carbocycles. The highest BCUT2D eigenvalue weighted by Gasteiger charge is 2.28. The molecule has 2 fully saturated rings. The molecule has 1 amide bonds. The zero-order valence-electron chi connectivity index (χ0n) is 29.8. The summed E-state index contributed by atoms with van der Waals surface area (Å²) in [5.74, 6) is -0.835. The third kappa shape index (κ3) is 7.01. The van der Waals surface area contributed by atoms with E-state index in [2.05, 4.69) is 20.2 Å². The molecule has 4 aromatic heterocycles. The lowest BCUT2D eigenvalue weighted by Gasteiger charge is -2.34. The van der Waals surface area contributed by atoms with Crippen LogP contribution in [-0.2, 0) is 17.9 Å². The van der Waals surface area contributed by atoms with Gasteiger partial charge in [0.25, 0.3) is 5.56 Å². The first-order valence-corrected chi connectivity index (χ1v) is 18.2. The first-order chi connectivity index (χ1) is 26.1. The minimum absolute atomic E-state index is 0.0126. The smallest absolute Gasteiger partial charge is 0.337 e. The summed E-state index contributed by atoms with van der Waals surface area (Å²) in [6, 6.07) is 16.4. The van der Waals surface area contributed by atoms with Crippen LogP contribution in [-0.4, -0.2) is 76.5 Å². The van der Waals surface area contributed by atoms with Gasteiger partial charge in [0.2, 0.25) is 5.91 Å². The number of fused-ring (bicyclic) bond motifs is 2. The summed E-state index contributed by atoms with van der Waals surface area (Å²) < 4.78 is 32.6. The molecule has 2 aliphatic rings. The lowest BCUT2D eigenvalue weighted by atomic mass is 9.91. The molecule has 6 aromatic rings. The number of aromatic hydroxyl groups is 1. The molecular weight excluding hydrogens is 694 g/mol. The maximum absolute atomic E-state index is 14.6. The fourth-order valence-electron chi connectivity index (χ4n) is 7.89. The molecule has 2 N–H and O–H groups in total. The number of phenols is 1. The van der Waals surface area contributed by atoms with Gasteiger partial charge < -0.3 is 19.7 Å². The Bertz CT molecular complexity index is 2500. The number of carbonyl (C=O) groups is 1. The third-order valence-corrected chi connectivity index (χ3v) is 10.7. The van der Waals surface area contributed by atoms with Crippen molar-refractivity contribution >= 4 is 22.6 Å². The van der Waals surface area contributed by atoms with Crippen LogP contribution in [0.5, 0.6) is 5.75 Å². The van der Waals surface area contributed by atoms with E-state index < -0.39 is 23.1 Å². The largest absolute Gasteiger partial charge is 0.508 e. The van der Waals surface area contributed by atoms with Crippen LogP contribution >= 0.6 is 0 Å². The molecule has 14 heteroatoms. The van der Waals surface area contributed by atoms with Gasteiger partial charge in [-0.3, -0.25) is 19.1 Å². The monoisotopic (exact) mass is 734 g/mol. The minimum atomic E-state index is -0.675. The maximum atomic E-state index is 14.6. The average Bonchev–Trinajstić information content (AvgIpc) is 3.57. The minimum Gasteiger partial charge on any atom is -0.508 e. The Morgan fingerprint density at radius 1 is 0.926 bits per heavy atom. The van der Waals surface area contributed by atoms with E-state index in [0.29, 0.717) is 76.3 Å². The van der Waals surface area contributed by atoms with Gasteiger partial charge in [-0.2, -0.15) is 0 Å². The van der Waals surface area contributed by atoms with Gasteiger partial charge >= 0.3 is 5.69 Å². The number of pyridine rings is 2. The Balaban J connectivity index is 1.07. The molecule has 5 heterocycles. The fraction of sp³-hybridized carbons (Fsp3) is 0.325. The summed E-state index contributed by atoms with van der Waals surface area (Å²) >= 11 is 0. The predicted octanol–water partition coefficient (Wildman–Crippen LogP) is 4.78. The van der Waals surface area contributed by atoms with E-state index in [1.165, 1.54) is 21.4 Å². The second-order valence-corrected chi connectivity index (χ2v) is 14.2. The number of benzene rings is 2. The Morgan fingerprint density at radius 2 is 1.72 bits per heavy atom. The van der Waals surface area contributed by atoms with Crippen LogP contribution < -0.4 is 16.6 Å². The molecular formula is C40H40F2N8O4. The number of hydrogen-bond donors (Lipinski definition) is 2. The van der Waals surface area contributed by atoms with Crippen molar-refractivity contribution in [1.82, 2.24) is 38.6 Å². The lowest BCUT2D eigenvalue weighted by Crippen LogP contribution is -2.47. The molecule has 278 valence electrons. The Labute approximate surface area is 308 Å². The molecule has 0 radical (unpaired) electrons. The quantitative estimate of drug-likeness (QED) is 0.229. The number of imidazole rings is 1. The number of nitrogens with zero attached hydrogens (tertiary/aromatic N) is 7. The van der Waals surface area contributed by atoms with Crippen molar-refractivity contribution < 1.29 is 18.7 Å². The maximum Gasteiger partial charge on any atom is 0.337 e. The summed E-state index contributed by atoms with van der Waals surface area (Å²) in [5.41, 5.74) is 3.36. The first kappa shape index (κ1) is 35.3. The van der Waals surface area contributed by atoms with Crippen molar-refractivity contribution in [3.05, 3.63) is 123 Å². The second kappa shape index (κ2) is 14.6. The van der Waals surface area contributed by atoms with Crippen LogP contribution in [0, 0.1) is 11.6 Å². The van der Waals surface area contributed by atoms with E-state index in [4.69, 9.17) is 0 Å². The van der Waals surface area contributed by atoms with Crippen LogP contribution in [0.3, 0.4) is 0 Å². The van der Waals surface area contributed by atoms with Crippen molar-refractivity contribution in [2.75, 3.05) is 26.2 Å². The molecule has 12 nitrogen and oxygen atoms in total. The van der Waals surface area contributed by atoms with Gasteiger partial charge in [0, 0.05) is 70.7 Å². The number of hydrogen-bond acceptors (Lipinski definition) is 8. The van der Waals surface area contributed by atoms with Crippen LogP contribution in [0.15, 0.2) is 88.8 Å². The molecule has 2 aromatic carbocycles. The van der Waals surface area contributed by atoms with Crippen LogP contribution in [0.1, 0.15) is 49.9 Å². The number of carbonyl (C=O) groups excluding carboxylic acids is 1. The van der Waals surface area contributed by atoms with Crippen LogP contribution in [0.4, 0.5) is 8.78 Å². The Kier molecular flexibility index (Phi) is 9.54. The fourth-order valence-corrected chi connectivity index (χ4v) is 7.89. The molecule has 0 unspecified atom stereocenters. The Morgan fingerprint density at radius 3 is 2.50 bits per heavy atom. The van der Waals surface area contributed by atoms with Crippen molar-refractivity contribution in [3.63, 3.8) is 0 Å². The third-order valence-electron chi connectivity index (χ3n) is 10.7. The summed E-state index contributed by atoms with van der Waals surface area (Å²) in [6.07, 6.45) is 6.67. The van der Waals surface area contributed by atoms with Crippen molar-refractivity contribution in [1.29, 1.82) is 0 Å². The highest BCUT2D eigenvalue weighted by Crippen LogP contribution is 2.31. The predicted molar refractivity (Wildman–Crippen MR) is 199 cm³/mol. The van der Waals surface area contributed by atoms with E-state index in [1.54, 1.807) is 41.8 Å². The van der Waals surface area contributed by atoms with Gasteiger partial charge in [-0.05, 0) is 84.8 Å². The molecule has 0 atom stereocenters. The highest BCUT2D eigenvalue weighted by atomic mass is 19.1. The van der Waals surface area contributed by atoms with Crippen molar-refractivity contribution in [2.45, 2.75) is 57.8 Å². The molecule has 8 rings (SSSR count). The van der Waals surface area contributed by atoms with Crippen molar-refractivity contribution in [2.24, 2.45) is 0 Å². The van der Waals surface area contributed by atoms with Crippen LogP contribution in [0.25, 0.3) is 33.5 Å². The van der Waals surface area contributed by atoms with E-state index in [-0.39, 0.29) is 34.5 Å². The summed E-state index contributed by atoms with van der Waals surface area (Å²) in [7, 11) is 0. The molecule has 54 heavy (non-hydrogen) atoms. The Hall–Kier alpha value is -5.73. The SMILES string of the molecule is CC(=O)N1CCN(Cc2cc(O)ccc2-c2cccc(-n3c(=O)n(C4CCC(NCc5cn6cc(F)ccc6n5)CC4)c(=O)c4cc(F)cnc43)c2)CC1. The van der Waals surface area contributed by atoms with Gasteiger partial charge in [0.15, 0.2) is 5.65 Å². The molecule has 1 aliphatic heterocycles. The van der Waals surface area contributed by atoms with E-state index in [9.17, 15) is 28.3 Å². The number of phenolic OH excluding ortho intramolecular Hbond substituents is 1. The van der Waals surface area contributed by atoms with Crippen LogP contribution in [0.2, 0.25) is 0 Å². The zero-order valence-corrected chi connectivity index (χ0v) is 29.8. The standard InChI is InChI=1S/C40H40F2N8O4/c1-25(51)47-15-13-46(14-16-47)22-27-18-34(52)10-11-35(27)26-3-2-4-33(17-26)49-38-36(19-29(42)20-44-38)39(53)50(40(49)54)32-8-6-30(7-9-32)43-21-31-24-48-23-28(41)5-12-37(48)45-31/h2-5,10-12,17-20,23-24,30,32,43,52H,6-9,13-16,21-22H2,1H3. The highest BCUT2D eigenvalue weighted by molar-refractivity contribution is 5.77. The average molecular weight is 735 g/mol. The lowest BCUT2D eigenvalue weighted by molar-refractivity contribution is -0.130. The number of amides is 1. The summed E-state index contributed by atoms with van der Waals surface area (Å²) in [6.45, 7) is 5.26. The number of nitrogens with one attached hydrogen (secondary N) is 1. The van der Waals surface area contributed by atoms with Gasteiger partial charge in [-0.1, -0.05) is 18.2 Å². The van der Waals surface area contributed by atoms with E-state index in [0.717, 1.165) is 34.6 Å². The first-order valence-electron chi connectivity index (χ1n) is 18.2. The molecule has 0 bridgehead atoms. The number of halogens is 2. The summed E-state index contributed by atoms with van der Waals surface area (Å²) in [5, 5.41) is 14.0. The summed E-state index contributed by atoms with van der Waals surface area (Å²) in [4.78, 5) is 53.1. The number of aromatic nitrogens is 5. The second-order valence-electron chi connectivity index (χ2n) is 14.2. The number of rotatable bonds is 8. The molecule has 1 saturated heterocycles. The zero-order chi connectivity index (χ0) is 37.5.